The molecule has 2 amide bonds. The van der Waals surface area contributed by atoms with Gasteiger partial charge in [0.25, 0.3) is 11.8 Å². The maximum atomic E-state index is 12.9. The number of H-pyrrole nitrogens is 2. The van der Waals surface area contributed by atoms with Crippen molar-refractivity contribution in [3.05, 3.63) is 95.8 Å². The van der Waals surface area contributed by atoms with Gasteiger partial charge in [-0.25, -0.2) is 9.78 Å². The molecule has 0 radical (unpaired) electrons. The third-order valence-corrected chi connectivity index (χ3v) is 5.96. The second-order valence-electron chi connectivity index (χ2n) is 8.78. The fourth-order valence-electron chi connectivity index (χ4n) is 3.95. The van der Waals surface area contributed by atoms with E-state index in [1.165, 1.54) is 6.07 Å². The third kappa shape index (κ3) is 7.14. The van der Waals surface area contributed by atoms with Crippen molar-refractivity contribution in [2.24, 2.45) is 0 Å². The minimum atomic E-state index is -1.65. The zero-order valence-corrected chi connectivity index (χ0v) is 20.4. The van der Waals surface area contributed by atoms with Crippen LogP contribution in [0, 0.1) is 0 Å². The van der Waals surface area contributed by atoms with Gasteiger partial charge in [0, 0.05) is 43.4 Å². The first-order valence-corrected chi connectivity index (χ1v) is 12.1. The second kappa shape index (κ2) is 12.5. The molecule has 0 saturated heterocycles. The van der Waals surface area contributed by atoms with Crippen molar-refractivity contribution in [3.63, 3.8) is 0 Å². The molecule has 2 aromatic carbocycles. The molecule has 0 saturated carbocycles. The standard InChI is InChI=1S/C27H28N6O5/c34-24(27(37)38)13-21(12-17-6-8-19(9-7-17)18-4-2-1-3-5-18)31-26(36)23-14-22(32-33-23)25(35)29-11-10-20-15-28-16-30-20/h1-9,14-16,21,24,34H,10-13H2,(H,28,30)(H,29,35)(H,31,36)(H,32,33)(H,37,38). The van der Waals surface area contributed by atoms with E-state index in [4.69, 9.17) is 0 Å². The number of hydrogen-bond acceptors (Lipinski definition) is 6. The molecular weight excluding hydrogens is 488 g/mol. The van der Waals surface area contributed by atoms with E-state index in [9.17, 15) is 24.6 Å². The number of carboxylic acid groups (broad SMARTS) is 1. The predicted molar refractivity (Wildman–Crippen MR) is 138 cm³/mol. The number of carbonyl (C=O) groups is 3. The highest BCUT2D eigenvalue weighted by Gasteiger charge is 2.24. The van der Waals surface area contributed by atoms with Gasteiger partial charge in [-0.3, -0.25) is 14.7 Å². The minimum Gasteiger partial charge on any atom is -0.479 e. The van der Waals surface area contributed by atoms with E-state index in [2.05, 4.69) is 30.8 Å². The minimum absolute atomic E-state index is 0.0398. The van der Waals surface area contributed by atoms with Crippen molar-refractivity contribution in [3.8, 4) is 11.1 Å². The predicted octanol–water partition coefficient (Wildman–Crippen LogP) is 1.95. The van der Waals surface area contributed by atoms with Gasteiger partial charge in [-0.1, -0.05) is 54.6 Å². The number of hydrogen-bond donors (Lipinski definition) is 6. The molecular formula is C27H28N6O5. The van der Waals surface area contributed by atoms with Crippen LogP contribution >= 0.6 is 0 Å². The van der Waals surface area contributed by atoms with Gasteiger partial charge >= 0.3 is 5.97 Å². The van der Waals surface area contributed by atoms with Gasteiger partial charge in [-0.15, -0.1) is 0 Å². The molecule has 0 aliphatic rings. The van der Waals surface area contributed by atoms with Crippen LogP contribution in [-0.4, -0.2) is 66.9 Å². The average molecular weight is 517 g/mol. The number of benzene rings is 2. The molecule has 11 nitrogen and oxygen atoms in total. The summed E-state index contributed by atoms with van der Waals surface area (Å²) in [6.07, 6.45) is 2.22. The van der Waals surface area contributed by atoms with Crippen LogP contribution in [0.1, 0.15) is 38.7 Å². The fourth-order valence-corrected chi connectivity index (χ4v) is 3.95. The lowest BCUT2D eigenvalue weighted by Crippen LogP contribution is -2.40. The average Bonchev–Trinajstić information content (AvgIpc) is 3.62. The lowest BCUT2D eigenvalue weighted by atomic mass is 9.97. The topological polar surface area (TPSA) is 173 Å². The molecule has 0 aliphatic carbocycles. The van der Waals surface area contributed by atoms with E-state index in [0.717, 1.165) is 22.4 Å². The van der Waals surface area contributed by atoms with E-state index >= 15 is 0 Å². The van der Waals surface area contributed by atoms with Crippen molar-refractivity contribution in [1.29, 1.82) is 0 Å². The molecule has 196 valence electrons. The zero-order chi connectivity index (χ0) is 26.9. The van der Waals surface area contributed by atoms with E-state index in [-0.39, 0.29) is 17.8 Å². The van der Waals surface area contributed by atoms with E-state index in [1.807, 2.05) is 54.6 Å². The molecule has 2 unspecified atom stereocenters. The number of imidazole rings is 1. The Morgan fingerprint density at radius 2 is 1.71 bits per heavy atom. The maximum Gasteiger partial charge on any atom is 0.332 e. The normalized spacial score (nSPS) is 12.4. The lowest BCUT2D eigenvalue weighted by Gasteiger charge is -2.20. The molecule has 4 aromatic rings. The monoisotopic (exact) mass is 516 g/mol. The molecule has 2 aromatic heterocycles. The van der Waals surface area contributed by atoms with Crippen LogP contribution in [0.5, 0.6) is 0 Å². The summed E-state index contributed by atoms with van der Waals surface area (Å²) in [5.41, 5.74) is 3.89. The first-order chi connectivity index (χ1) is 18.4. The molecule has 0 spiro atoms. The van der Waals surface area contributed by atoms with Crippen LogP contribution < -0.4 is 10.6 Å². The van der Waals surface area contributed by atoms with Gasteiger partial charge in [0.1, 0.15) is 5.69 Å². The Hall–Kier alpha value is -4.77. The molecule has 4 rings (SSSR count). The molecule has 11 heteroatoms. The Morgan fingerprint density at radius 1 is 0.974 bits per heavy atom. The van der Waals surface area contributed by atoms with Gasteiger partial charge in [0.2, 0.25) is 0 Å². The van der Waals surface area contributed by atoms with Gasteiger partial charge in [-0.2, -0.15) is 5.10 Å². The Balaban J connectivity index is 1.38. The first-order valence-electron chi connectivity index (χ1n) is 12.1. The number of rotatable bonds is 12. The number of amides is 2. The SMILES string of the molecule is O=C(NCCc1cnc[nH]1)c1cc(C(=O)NC(Cc2ccc(-c3ccccc3)cc2)CC(O)C(=O)O)[nH]n1. The number of carbonyl (C=O) groups excluding carboxylic acids is 2. The zero-order valence-electron chi connectivity index (χ0n) is 20.4. The van der Waals surface area contributed by atoms with Gasteiger partial charge in [0.15, 0.2) is 11.8 Å². The summed E-state index contributed by atoms with van der Waals surface area (Å²) in [6, 6.07) is 18.2. The van der Waals surface area contributed by atoms with Crippen LogP contribution in [0.15, 0.2) is 73.2 Å². The summed E-state index contributed by atoms with van der Waals surface area (Å²) in [6.45, 7) is 0.355. The lowest BCUT2D eigenvalue weighted by molar-refractivity contribution is -0.147. The summed E-state index contributed by atoms with van der Waals surface area (Å²) in [4.78, 5) is 43.4. The smallest absolute Gasteiger partial charge is 0.332 e. The van der Waals surface area contributed by atoms with E-state index < -0.39 is 29.9 Å². The van der Waals surface area contributed by atoms with Crippen molar-refractivity contribution >= 4 is 17.8 Å². The van der Waals surface area contributed by atoms with Crippen molar-refractivity contribution in [2.45, 2.75) is 31.4 Å². The van der Waals surface area contributed by atoms with Crippen LogP contribution in [0.3, 0.4) is 0 Å². The van der Waals surface area contributed by atoms with Crippen LogP contribution in [0.2, 0.25) is 0 Å². The largest absolute Gasteiger partial charge is 0.479 e. The number of aliphatic hydroxyl groups excluding tert-OH is 1. The molecule has 2 heterocycles. The van der Waals surface area contributed by atoms with E-state index in [0.29, 0.717) is 19.4 Å². The first kappa shape index (κ1) is 26.3. The molecule has 0 fully saturated rings. The van der Waals surface area contributed by atoms with Crippen molar-refractivity contribution in [2.75, 3.05) is 6.54 Å². The number of nitrogens with one attached hydrogen (secondary N) is 4. The van der Waals surface area contributed by atoms with Crippen LogP contribution in [-0.2, 0) is 17.6 Å². The van der Waals surface area contributed by atoms with Gasteiger partial charge < -0.3 is 25.8 Å². The van der Waals surface area contributed by atoms with Crippen molar-refractivity contribution in [1.82, 2.24) is 30.8 Å². The molecule has 0 bridgehead atoms. The highest BCUT2D eigenvalue weighted by atomic mass is 16.4. The molecule has 38 heavy (non-hydrogen) atoms. The summed E-state index contributed by atoms with van der Waals surface area (Å²) >= 11 is 0. The molecule has 0 aliphatic heterocycles. The maximum absolute atomic E-state index is 12.9. The molecule has 6 N–H and O–H groups in total. The third-order valence-electron chi connectivity index (χ3n) is 5.96. The number of carboxylic acids is 1. The highest BCUT2D eigenvalue weighted by molar-refractivity contribution is 5.97. The Kier molecular flexibility index (Phi) is 8.62. The summed E-state index contributed by atoms with van der Waals surface area (Å²) < 4.78 is 0. The Morgan fingerprint density at radius 3 is 2.39 bits per heavy atom. The Bertz CT molecular complexity index is 1350. The quantitative estimate of drug-likeness (QED) is 0.167. The Labute approximate surface area is 218 Å². The molecule has 2 atom stereocenters. The van der Waals surface area contributed by atoms with Crippen molar-refractivity contribution < 1.29 is 24.6 Å². The van der Waals surface area contributed by atoms with Gasteiger partial charge in [-0.05, 0) is 23.1 Å². The number of aliphatic carboxylic acids is 1. The van der Waals surface area contributed by atoms with Crippen LogP contribution in [0.4, 0.5) is 0 Å². The van der Waals surface area contributed by atoms with Crippen LogP contribution in [0.25, 0.3) is 11.1 Å². The number of aromatic amines is 2. The number of aliphatic hydroxyl groups is 1. The summed E-state index contributed by atoms with van der Waals surface area (Å²) in [7, 11) is 0. The summed E-state index contributed by atoms with van der Waals surface area (Å²) in [5.74, 6) is -2.40. The summed E-state index contributed by atoms with van der Waals surface area (Å²) in [5, 5.41) is 31.1. The second-order valence-corrected chi connectivity index (χ2v) is 8.78. The fraction of sp³-hybridized carbons (Fsp3) is 0.222. The number of aromatic nitrogens is 4. The van der Waals surface area contributed by atoms with Gasteiger partial charge in [0.05, 0.1) is 6.33 Å². The number of nitrogens with zero attached hydrogens (tertiary/aromatic N) is 2. The van der Waals surface area contributed by atoms with E-state index in [1.54, 1.807) is 12.5 Å². The highest BCUT2D eigenvalue weighted by Crippen LogP contribution is 2.20.